The first-order valence-corrected chi connectivity index (χ1v) is 6.97. The summed E-state index contributed by atoms with van der Waals surface area (Å²) in [5, 5.41) is 8.84. The third-order valence-electron chi connectivity index (χ3n) is 1.87. The maximum Gasteiger partial charge on any atom is 0.324 e. The summed E-state index contributed by atoms with van der Waals surface area (Å²) in [6.45, 7) is -0.734. The highest BCUT2D eigenvalue weighted by molar-refractivity contribution is 7.92. The van der Waals surface area contributed by atoms with Gasteiger partial charge in [0.15, 0.2) is 0 Å². The van der Waals surface area contributed by atoms with E-state index in [1.165, 1.54) is 18.2 Å². The molecular formula is C9H9Cl2NO4S. The molecule has 0 spiro atoms. The molecule has 17 heavy (non-hydrogen) atoms. The maximum atomic E-state index is 11.5. The molecule has 0 aliphatic rings. The standard InChI is InChI=1S/C9H9Cl2NO4S/c1-17(15,16)12(5-8(13)14)9-6(10)3-2-4-7(9)11/h2-4H,5H2,1H3,(H,13,14). The number of carboxylic acids is 1. The summed E-state index contributed by atoms with van der Waals surface area (Å²) < 4.78 is 23.7. The molecule has 1 aromatic carbocycles. The first kappa shape index (κ1) is 14.1. The number of hydrogen-bond acceptors (Lipinski definition) is 3. The van der Waals surface area contributed by atoms with Gasteiger partial charge < -0.3 is 5.11 Å². The second-order valence-corrected chi connectivity index (χ2v) is 5.95. The van der Waals surface area contributed by atoms with Crippen molar-refractivity contribution in [2.45, 2.75) is 0 Å². The number of sulfonamides is 1. The highest BCUT2D eigenvalue weighted by Crippen LogP contribution is 2.34. The minimum Gasteiger partial charge on any atom is -0.480 e. The van der Waals surface area contributed by atoms with E-state index in [1.54, 1.807) is 0 Å². The van der Waals surface area contributed by atoms with Gasteiger partial charge in [-0.2, -0.15) is 0 Å². The summed E-state index contributed by atoms with van der Waals surface area (Å²) in [6.07, 6.45) is 0.885. The Morgan fingerprint density at radius 2 is 1.82 bits per heavy atom. The highest BCUT2D eigenvalue weighted by Gasteiger charge is 2.24. The van der Waals surface area contributed by atoms with Gasteiger partial charge in [-0.15, -0.1) is 0 Å². The van der Waals surface area contributed by atoms with Crippen LogP contribution in [0.2, 0.25) is 10.0 Å². The highest BCUT2D eigenvalue weighted by atomic mass is 35.5. The lowest BCUT2D eigenvalue weighted by molar-refractivity contribution is -0.135. The fourth-order valence-corrected chi connectivity index (χ4v) is 2.79. The van der Waals surface area contributed by atoms with Gasteiger partial charge in [-0.05, 0) is 12.1 Å². The lowest BCUT2D eigenvalue weighted by Crippen LogP contribution is -2.35. The molecule has 0 radical (unpaired) electrons. The molecule has 0 aliphatic carbocycles. The number of para-hydroxylation sites is 1. The predicted octanol–water partition coefficient (Wildman–Crippen LogP) is 1.84. The van der Waals surface area contributed by atoms with E-state index in [4.69, 9.17) is 28.3 Å². The largest absolute Gasteiger partial charge is 0.480 e. The van der Waals surface area contributed by atoms with Crippen LogP contribution in [0.3, 0.4) is 0 Å². The van der Waals surface area contributed by atoms with Crippen molar-refractivity contribution in [2.75, 3.05) is 17.1 Å². The molecule has 1 N–H and O–H groups in total. The molecule has 94 valence electrons. The minimum atomic E-state index is -3.77. The van der Waals surface area contributed by atoms with E-state index in [2.05, 4.69) is 0 Å². The summed E-state index contributed by atoms with van der Waals surface area (Å²) >= 11 is 11.7. The van der Waals surface area contributed by atoms with Crippen molar-refractivity contribution in [1.29, 1.82) is 0 Å². The molecule has 0 fully saturated rings. The molecule has 0 unspecified atom stereocenters. The van der Waals surface area contributed by atoms with Crippen molar-refractivity contribution in [3.63, 3.8) is 0 Å². The topological polar surface area (TPSA) is 74.7 Å². The van der Waals surface area contributed by atoms with Crippen LogP contribution in [-0.4, -0.2) is 32.3 Å². The zero-order valence-corrected chi connectivity index (χ0v) is 11.1. The monoisotopic (exact) mass is 297 g/mol. The van der Waals surface area contributed by atoms with E-state index >= 15 is 0 Å². The lowest BCUT2D eigenvalue weighted by Gasteiger charge is -2.22. The summed E-state index contributed by atoms with van der Waals surface area (Å²) in [5.74, 6) is -1.30. The molecule has 0 saturated carbocycles. The van der Waals surface area contributed by atoms with Crippen LogP contribution >= 0.6 is 23.2 Å². The van der Waals surface area contributed by atoms with Gasteiger partial charge in [0.05, 0.1) is 22.0 Å². The van der Waals surface area contributed by atoms with E-state index in [0.717, 1.165) is 6.26 Å². The molecule has 0 heterocycles. The average molecular weight is 298 g/mol. The van der Waals surface area contributed by atoms with Gasteiger partial charge in [0.25, 0.3) is 0 Å². The van der Waals surface area contributed by atoms with Crippen LogP contribution in [0.15, 0.2) is 18.2 Å². The van der Waals surface area contributed by atoms with Crippen LogP contribution in [0, 0.1) is 0 Å². The van der Waals surface area contributed by atoms with Crippen molar-refractivity contribution < 1.29 is 18.3 Å². The molecule has 0 aliphatic heterocycles. The molecule has 0 aromatic heterocycles. The number of rotatable bonds is 4. The number of carboxylic acid groups (broad SMARTS) is 1. The lowest BCUT2D eigenvalue weighted by atomic mass is 10.3. The molecule has 5 nitrogen and oxygen atoms in total. The zero-order valence-electron chi connectivity index (χ0n) is 8.72. The zero-order chi connectivity index (χ0) is 13.2. The maximum absolute atomic E-state index is 11.5. The van der Waals surface area contributed by atoms with Gasteiger partial charge >= 0.3 is 5.97 Å². The molecule has 0 saturated heterocycles. The van der Waals surface area contributed by atoms with Crippen LogP contribution in [0.4, 0.5) is 5.69 Å². The number of carbonyl (C=O) groups is 1. The molecule has 1 aromatic rings. The van der Waals surface area contributed by atoms with Crippen molar-refractivity contribution in [3.8, 4) is 0 Å². The fraction of sp³-hybridized carbons (Fsp3) is 0.222. The first-order chi connectivity index (χ1) is 7.73. The summed E-state index contributed by atoms with van der Waals surface area (Å²) in [7, 11) is -3.77. The second-order valence-electron chi connectivity index (χ2n) is 3.23. The Morgan fingerprint density at radius 1 is 1.35 bits per heavy atom. The Hall–Kier alpha value is -0.980. The Kier molecular flexibility index (Phi) is 4.24. The first-order valence-electron chi connectivity index (χ1n) is 4.37. The van der Waals surface area contributed by atoms with Crippen LogP contribution in [0.5, 0.6) is 0 Å². The molecule has 0 atom stereocenters. The Labute approximate surface area is 109 Å². The molecular weight excluding hydrogens is 289 g/mol. The molecule has 0 amide bonds. The number of benzene rings is 1. The summed E-state index contributed by atoms with van der Waals surface area (Å²) in [4.78, 5) is 10.7. The van der Waals surface area contributed by atoms with Gasteiger partial charge in [0.2, 0.25) is 10.0 Å². The van der Waals surface area contributed by atoms with Gasteiger partial charge in [-0.25, -0.2) is 8.42 Å². The van der Waals surface area contributed by atoms with Crippen LogP contribution in [0.1, 0.15) is 0 Å². The Morgan fingerprint density at radius 3 is 2.18 bits per heavy atom. The van der Waals surface area contributed by atoms with E-state index in [1.807, 2.05) is 0 Å². The Balaban J connectivity index is 3.37. The third kappa shape index (κ3) is 3.49. The second kappa shape index (κ2) is 5.12. The van der Waals surface area contributed by atoms with Crippen molar-refractivity contribution >= 4 is 44.9 Å². The van der Waals surface area contributed by atoms with Gasteiger partial charge in [-0.1, -0.05) is 29.3 Å². The number of nitrogens with zero attached hydrogens (tertiary/aromatic N) is 1. The van der Waals surface area contributed by atoms with E-state index < -0.39 is 22.5 Å². The van der Waals surface area contributed by atoms with Gasteiger partial charge in [0, 0.05) is 0 Å². The van der Waals surface area contributed by atoms with Crippen LogP contribution in [-0.2, 0) is 14.8 Å². The fourth-order valence-electron chi connectivity index (χ4n) is 1.21. The number of hydrogen-bond donors (Lipinski definition) is 1. The van der Waals surface area contributed by atoms with Gasteiger partial charge in [-0.3, -0.25) is 9.10 Å². The van der Waals surface area contributed by atoms with E-state index in [9.17, 15) is 13.2 Å². The minimum absolute atomic E-state index is 0.0271. The summed E-state index contributed by atoms with van der Waals surface area (Å²) in [5.41, 5.74) is -0.0271. The van der Waals surface area contributed by atoms with E-state index in [0.29, 0.717) is 4.31 Å². The van der Waals surface area contributed by atoms with Gasteiger partial charge in [0.1, 0.15) is 6.54 Å². The van der Waals surface area contributed by atoms with Crippen molar-refractivity contribution in [3.05, 3.63) is 28.2 Å². The average Bonchev–Trinajstić information content (AvgIpc) is 2.13. The SMILES string of the molecule is CS(=O)(=O)N(CC(=O)O)c1c(Cl)cccc1Cl. The van der Waals surface area contributed by atoms with Crippen LogP contribution < -0.4 is 4.31 Å². The van der Waals surface area contributed by atoms with Crippen molar-refractivity contribution in [2.24, 2.45) is 0 Å². The molecule has 0 bridgehead atoms. The van der Waals surface area contributed by atoms with Crippen molar-refractivity contribution in [1.82, 2.24) is 0 Å². The van der Waals surface area contributed by atoms with E-state index in [-0.39, 0.29) is 15.7 Å². The third-order valence-corrected chi connectivity index (χ3v) is 3.59. The normalized spacial score (nSPS) is 11.2. The quantitative estimate of drug-likeness (QED) is 0.920. The molecule has 1 rings (SSSR count). The Bertz CT molecular complexity index is 524. The van der Waals surface area contributed by atoms with Crippen LogP contribution in [0.25, 0.3) is 0 Å². The number of aliphatic carboxylic acids is 1. The number of anilines is 1. The summed E-state index contributed by atoms with van der Waals surface area (Å²) in [6, 6.07) is 4.40. The predicted molar refractivity (Wildman–Crippen MR) is 66.3 cm³/mol. The molecule has 8 heteroatoms. The smallest absolute Gasteiger partial charge is 0.324 e. The number of halogens is 2.